The van der Waals surface area contributed by atoms with Crippen molar-refractivity contribution in [3.05, 3.63) is 27.9 Å². The lowest BCUT2D eigenvalue weighted by molar-refractivity contribution is 0.564. The summed E-state index contributed by atoms with van der Waals surface area (Å²) in [5, 5.41) is 0. The van der Waals surface area contributed by atoms with Crippen molar-refractivity contribution in [3.8, 4) is 0 Å². The molecule has 76 valence electrons. The fourth-order valence-electron chi connectivity index (χ4n) is 2.08. The molecular formula is C11H16N2O. The molecule has 0 aliphatic heterocycles. The summed E-state index contributed by atoms with van der Waals surface area (Å²) in [5.41, 5.74) is 2.38. The molecule has 3 nitrogen and oxygen atoms in total. The van der Waals surface area contributed by atoms with Gasteiger partial charge >= 0.3 is 5.69 Å². The second-order valence-electron chi connectivity index (χ2n) is 4.08. The van der Waals surface area contributed by atoms with Crippen molar-refractivity contribution in [3.63, 3.8) is 0 Å². The molecule has 3 heteroatoms. The molecule has 0 fully saturated rings. The van der Waals surface area contributed by atoms with Crippen molar-refractivity contribution in [2.45, 2.75) is 32.7 Å². The quantitative estimate of drug-likeness (QED) is 0.665. The van der Waals surface area contributed by atoms with Gasteiger partial charge in [0.2, 0.25) is 0 Å². The second-order valence-corrected chi connectivity index (χ2v) is 4.08. The maximum absolute atomic E-state index is 11.9. The highest BCUT2D eigenvalue weighted by molar-refractivity contribution is 5.51. The average molecular weight is 192 g/mol. The van der Waals surface area contributed by atoms with E-state index in [-0.39, 0.29) is 11.7 Å². The molecular weight excluding hydrogens is 176 g/mol. The van der Waals surface area contributed by atoms with Gasteiger partial charge in [-0.25, -0.2) is 4.79 Å². The van der Waals surface area contributed by atoms with Crippen LogP contribution in [0.15, 0.2) is 10.9 Å². The first-order valence-corrected chi connectivity index (χ1v) is 5.09. The molecule has 0 N–H and O–H groups in total. The summed E-state index contributed by atoms with van der Waals surface area (Å²) in [6.07, 6.45) is 6.24. The minimum Gasteiger partial charge on any atom is -0.299 e. The lowest BCUT2D eigenvalue weighted by Crippen LogP contribution is -2.24. The van der Waals surface area contributed by atoms with Gasteiger partial charge in [0.1, 0.15) is 0 Å². The normalized spacial score (nSPS) is 14.9. The number of rotatable bonds is 1. The standard InChI is InChI=1S/C11H16N2O/c1-8(2)13-10-7-5-4-6-9(10)12(3)11(13)14/h5,7-8H,4,6H2,1-3H3. The molecule has 0 spiro atoms. The van der Waals surface area contributed by atoms with Crippen molar-refractivity contribution in [1.82, 2.24) is 9.13 Å². The molecule has 0 unspecified atom stereocenters. The van der Waals surface area contributed by atoms with Gasteiger partial charge < -0.3 is 0 Å². The number of fused-ring (bicyclic) bond motifs is 1. The van der Waals surface area contributed by atoms with Gasteiger partial charge in [0.15, 0.2) is 0 Å². The Bertz CT molecular complexity index is 435. The Morgan fingerprint density at radius 1 is 1.43 bits per heavy atom. The molecule has 1 aromatic heterocycles. The van der Waals surface area contributed by atoms with E-state index in [9.17, 15) is 4.79 Å². The largest absolute Gasteiger partial charge is 0.328 e. The summed E-state index contributed by atoms with van der Waals surface area (Å²) in [4.78, 5) is 11.9. The Labute approximate surface area is 83.7 Å². The second kappa shape index (κ2) is 3.15. The van der Waals surface area contributed by atoms with E-state index in [1.165, 1.54) is 5.69 Å². The third-order valence-corrected chi connectivity index (χ3v) is 2.79. The van der Waals surface area contributed by atoms with Gasteiger partial charge in [-0.05, 0) is 32.8 Å². The minimum atomic E-state index is 0.108. The van der Waals surface area contributed by atoms with Crippen LogP contribution in [0.2, 0.25) is 0 Å². The van der Waals surface area contributed by atoms with Crippen LogP contribution in [0.4, 0.5) is 0 Å². The van der Waals surface area contributed by atoms with E-state index in [0.717, 1.165) is 18.5 Å². The number of hydrogen-bond acceptors (Lipinski definition) is 1. The third kappa shape index (κ3) is 1.15. The Hall–Kier alpha value is -1.25. The highest BCUT2D eigenvalue weighted by Gasteiger charge is 2.18. The predicted molar refractivity (Wildman–Crippen MR) is 57.4 cm³/mol. The minimum absolute atomic E-state index is 0.108. The van der Waals surface area contributed by atoms with E-state index in [1.54, 1.807) is 4.57 Å². The Morgan fingerprint density at radius 2 is 2.14 bits per heavy atom. The summed E-state index contributed by atoms with van der Waals surface area (Å²) in [7, 11) is 1.86. The predicted octanol–water partition coefficient (Wildman–Crippen LogP) is 1.73. The van der Waals surface area contributed by atoms with Crippen LogP contribution in [0.5, 0.6) is 0 Å². The van der Waals surface area contributed by atoms with E-state index in [1.807, 2.05) is 25.5 Å². The number of allylic oxidation sites excluding steroid dienone is 1. The average Bonchev–Trinajstić information content (AvgIpc) is 2.41. The zero-order valence-corrected chi connectivity index (χ0v) is 8.95. The van der Waals surface area contributed by atoms with Crippen molar-refractivity contribution in [2.75, 3.05) is 0 Å². The molecule has 14 heavy (non-hydrogen) atoms. The molecule has 0 saturated heterocycles. The highest BCUT2D eigenvalue weighted by Crippen LogP contribution is 2.20. The van der Waals surface area contributed by atoms with Crippen molar-refractivity contribution < 1.29 is 0 Å². The van der Waals surface area contributed by atoms with Crippen LogP contribution in [0, 0.1) is 0 Å². The summed E-state index contributed by atoms with van der Waals surface area (Å²) < 4.78 is 3.64. The van der Waals surface area contributed by atoms with E-state index >= 15 is 0 Å². The van der Waals surface area contributed by atoms with Crippen LogP contribution in [0.3, 0.4) is 0 Å². The van der Waals surface area contributed by atoms with Gasteiger partial charge in [0, 0.05) is 18.8 Å². The molecule has 0 saturated carbocycles. The molecule has 1 aliphatic rings. The zero-order valence-electron chi connectivity index (χ0n) is 8.95. The fourth-order valence-corrected chi connectivity index (χ4v) is 2.08. The molecule has 0 bridgehead atoms. The first kappa shape index (κ1) is 9.31. The summed E-state index contributed by atoms with van der Waals surface area (Å²) in [6.45, 7) is 4.09. The lowest BCUT2D eigenvalue weighted by atomic mass is 10.1. The van der Waals surface area contributed by atoms with E-state index in [2.05, 4.69) is 12.2 Å². The van der Waals surface area contributed by atoms with Crippen LogP contribution in [-0.2, 0) is 13.5 Å². The smallest absolute Gasteiger partial charge is 0.299 e. The van der Waals surface area contributed by atoms with Crippen molar-refractivity contribution in [1.29, 1.82) is 0 Å². The molecule has 1 heterocycles. The molecule has 0 aromatic carbocycles. The number of imidazole rings is 1. The number of nitrogens with zero attached hydrogens (tertiary/aromatic N) is 2. The van der Waals surface area contributed by atoms with Gasteiger partial charge in [0.25, 0.3) is 0 Å². The van der Waals surface area contributed by atoms with Gasteiger partial charge in [-0.3, -0.25) is 9.13 Å². The SMILES string of the molecule is CC(C)n1c2c(n(C)c1=O)CCC=C2. The Kier molecular flexibility index (Phi) is 2.10. The zero-order chi connectivity index (χ0) is 10.3. The fraction of sp³-hybridized carbons (Fsp3) is 0.545. The van der Waals surface area contributed by atoms with Crippen molar-refractivity contribution in [2.24, 2.45) is 7.05 Å². The van der Waals surface area contributed by atoms with E-state index in [4.69, 9.17) is 0 Å². The molecule has 0 atom stereocenters. The van der Waals surface area contributed by atoms with Crippen LogP contribution >= 0.6 is 0 Å². The highest BCUT2D eigenvalue weighted by atomic mass is 16.1. The van der Waals surface area contributed by atoms with Gasteiger partial charge in [-0.2, -0.15) is 0 Å². The molecule has 0 radical (unpaired) electrons. The Balaban J connectivity index is 2.73. The first-order chi connectivity index (χ1) is 6.63. The van der Waals surface area contributed by atoms with Crippen LogP contribution in [0.1, 0.15) is 37.7 Å². The van der Waals surface area contributed by atoms with Gasteiger partial charge in [0.05, 0.1) is 5.69 Å². The van der Waals surface area contributed by atoms with Gasteiger partial charge in [-0.1, -0.05) is 6.08 Å². The van der Waals surface area contributed by atoms with E-state index < -0.39 is 0 Å². The van der Waals surface area contributed by atoms with E-state index in [0.29, 0.717) is 0 Å². The molecule has 0 amide bonds. The third-order valence-electron chi connectivity index (χ3n) is 2.79. The maximum Gasteiger partial charge on any atom is 0.328 e. The van der Waals surface area contributed by atoms with Crippen LogP contribution in [-0.4, -0.2) is 9.13 Å². The van der Waals surface area contributed by atoms with Crippen LogP contribution < -0.4 is 5.69 Å². The summed E-state index contributed by atoms with van der Waals surface area (Å²) >= 11 is 0. The monoisotopic (exact) mass is 192 g/mol. The Morgan fingerprint density at radius 3 is 2.79 bits per heavy atom. The summed E-state index contributed by atoms with van der Waals surface area (Å²) in [5.74, 6) is 0. The number of hydrogen-bond donors (Lipinski definition) is 0. The van der Waals surface area contributed by atoms with Crippen molar-refractivity contribution >= 4 is 6.08 Å². The van der Waals surface area contributed by atoms with Gasteiger partial charge in [-0.15, -0.1) is 0 Å². The topological polar surface area (TPSA) is 26.9 Å². The van der Waals surface area contributed by atoms with Crippen LogP contribution in [0.25, 0.3) is 6.08 Å². The molecule has 1 aromatic rings. The molecule has 2 rings (SSSR count). The number of aromatic nitrogens is 2. The molecule has 1 aliphatic carbocycles. The summed E-state index contributed by atoms with van der Waals surface area (Å²) in [6, 6.07) is 0.236. The maximum atomic E-state index is 11.9. The lowest BCUT2D eigenvalue weighted by Gasteiger charge is -2.11. The first-order valence-electron chi connectivity index (χ1n) is 5.09.